The lowest BCUT2D eigenvalue weighted by molar-refractivity contribution is -0.181. The van der Waals surface area contributed by atoms with Gasteiger partial charge in [0, 0.05) is 19.0 Å². The first-order valence-electron chi connectivity index (χ1n) is 12.9. The van der Waals surface area contributed by atoms with Crippen LogP contribution in [0, 0.1) is 36.0 Å². The smallest absolute Gasteiger partial charge is 0.296 e. The van der Waals surface area contributed by atoms with Gasteiger partial charge in [-0.05, 0) is 88.2 Å². The summed E-state index contributed by atoms with van der Waals surface area (Å²) in [6, 6.07) is 6.84. The number of aliphatic hydroxyl groups is 1. The molecule has 192 valence electrons. The van der Waals surface area contributed by atoms with E-state index in [1.165, 1.54) is 6.42 Å². The summed E-state index contributed by atoms with van der Waals surface area (Å²) in [5.74, 6) is 1.33. The minimum Gasteiger partial charge on any atom is -0.393 e. The van der Waals surface area contributed by atoms with E-state index in [4.69, 9.17) is 9.02 Å². The third-order valence-corrected chi connectivity index (χ3v) is 10.7. The zero-order valence-corrected chi connectivity index (χ0v) is 22.5. The lowest BCUT2D eigenvalue weighted by Crippen LogP contribution is -2.43. The Morgan fingerprint density at radius 1 is 1.18 bits per heavy atom. The van der Waals surface area contributed by atoms with Crippen LogP contribution in [0.15, 0.2) is 29.2 Å². The highest BCUT2D eigenvalue weighted by atomic mass is 32.2. The van der Waals surface area contributed by atoms with Crippen LogP contribution in [0.1, 0.15) is 71.8 Å². The molecule has 4 rings (SSSR count). The van der Waals surface area contributed by atoms with Crippen LogP contribution in [0.2, 0.25) is 0 Å². The molecule has 2 saturated carbocycles. The second-order valence-electron chi connectivity index (χ2n) is 11.9. The molecule has 0 spiro atoms. The van der Waals surface area contributed by atoms with E-state index >= 15 is 0 Å². The van der Waals surface area contributed by atoms with Crippen LogP contribution in [0.25, 0.3) is 0 Å². The molecule has 0 radical (unpaired) electrons. The Hall–Kier alpha value is -0.990. The van der Waals surface area contributed by atoms with E-state index < -0.39 is 15.7 Å². The van der Waals surface area contributed by atoms with Gasteiger partial charge in [0.25, 0.3) is 10.1 Å². The van der Waals surface area contributed by atoms with Gasteiger partial charge in [-0.25, -0.2) is 0 Å². The Kier molecular flexibility index (Phi) is 7.27. The molecule has 0 aromatic heterocycles. The minimum atomic E-state index is -3.83. The number of benzene rings is 1. The predicted molar refractivity (Wildman–Crippen MR) is 132 cm³/mol. The van der Waals surface area contributed by atoms with Crippen LogP contribution in [-0.4, -0.2) is 50.0 Å². The molecule has 7 atom stereocenters. The predicted octanol–water partition coefficient (Wildman–Crippen LogP) is 4.94. The topological polar surface area (TPSA) is 76.1 Å². The highest BCUT2D eigenvalue weighted by Crippen LogP contribution is 2.58. The molecule has 1 aromatic rings. The van der Waals surface area contributed by atoms with Crippen molar-refractivity contribution >= 4 is 10.1 Å². The SMILES string of the molecule is Cc1ccc(S(=O)(=O)OCC2[C@H](CC(C)[C@H]3CC[C@@H]4[C@H](O)CCC[C@@]34C)N(C)OC2(C)C)cc1. The van der Waals surface area contributed by atoms with Gasteiger partial charge in [0.1, 0.15) is 0 Å². The minimum absolute atomic E-state index is 0.0642. The number of fused-ring (bicyclic) bond motifs is 1. The molecule has 34 heavy (non-hydrogen) atoms. The van der Waals surface area contributed by atoms with Crippen molar-refractivity contribution in [2.24, 2.45) is 29.1 Å². The molecule has 7 heteroatoms. The lowest BCUT2D eigenvalue weighted by atomic mass is 9.61. The van der Waals surface area contributed by atoms with E-state index in [9.17, 15) is 13.5 Å². The molecule has 0 bridgehead atoms. The summed E-state index contributed by atoms with van der Waals surface area (Å²) in [5, 5.41) is 12.6. The Morgan fingerprint density at radius 2 is 1.85 bits per heavy atom. The highest BCUT2D eigenvalue weighted by Gasteiger charge is 2.54. The summed E-state index contributed by atoms with van der Waals surface area (Å²) in [7, 11) is -1.88. The third-order valence-electron chi connectivity index (χ3n) is 9.38. The van der Waals surface area contributed by atoms with Gasteiger partial charge in [-0.2, -0.15) is 13.5 Å². The fourth-order valence-electron chi connectivity index (χ4n) is 7.45. The normalized spacial score (nSPS) is 37.0. The van der Waals surface area contributed by atoms with Gasteiger partial charge in [-0.1, -0.05) is 38.0 Å². The number of aryl methyl sites for hydroxylation is 1. The summed E-state index contributed by atoms with van der Waals surface area (Å²) in [6.45, 7) is 10.8. The first kappa shape index (κ1) is 26.1. The van der Waals surface area contributed by atoms with Crippen molar-refractivity contribution in [1.82, 2.24) is 5.06 Å². The molecule has 1 aliphatic heterocycles. The van der Waals surface area contributed by atoms with Crippen molar-refractivity contribution in [3.63, 3.8) is 0 Å². The van der Waals surface area contributed by atoms with E-state index in [1.807, 2.05) is 32.9 Å². The van der Waals surface area contributed by atoms with Crippen molar-refractivity contribution in [3.8, 4) is 0 Å². The summed E-state index contributed by atoms with van der Waals surface area (Å²) < 4.78 is 31.3. The van der Waals surface area contributed by atoms with E-state index in [1.54, 1.807) is 24.3 Å². The van der Waals surface area contributed by atoms with Gasteiger partial charge < -0.3 is 5.11 Å². The number of hydrogen-bond acceptors (Lipinski definition) is 6. The lowest BCUT2D eigenvalue weighted by Gasteiger charge is -2.45. The Balaban J connectivity index is 1.47. The van der Waals surface area contributed by atoms with Crippen molar-refractivity contribution < 1.29 is 22.5 Å². The summed E-state index contributed by atoms with van der Waals surface area (Å²) in [6.07, 6.45) is 6.24. The Morgan fingerprint density at radius 3 is 2.53 bits per heavy atom. The molecule has 2 unspecified atom stereocenters. The molecule has 0 amide bonds. The first-order chi connectivity index (χ1) is 15.8. The average Bonchev–Trinajstić information content (AvgIpc) is 3.20. The summed E-state index contributed by atoms with van der Waals surface area (Å²) in [4.78, 5) is 6.38. The molecule has 1 aromatic carbocycles. The quantitative estimate of drug-likeness (QED) is 0.542. The second kappa shape index (κ2) is 9.47. The van der Waals surface area contributed by atoms with E-state index in [0.717, 1.165) is 37.7 Å². The molecule has 1 N–H and O–H groups in total. The maximum Gasteiger partial charge on any atom is 0.296 e. The number of hydroxylamine groups is 2. The van der Waals surface area contributed by atoms with Gasteiger partial charge in [0.2, 0.25) is 0 Å². The molecule has 3 fully saturated rings. The van der Waals surface area contributed by atoms with Gasteiger partial charge in [-0.15, -0.1) is 0 Å². The number of rotatable bonds is 7. The number of nitrogens with zero attached hydrogens (tertiary/aromatic N) is 1. The van der Waals surface area contributed by atoms with Crippen LogP contribution in [0.5, 0.6) is 0 Å². The van der Waals surface area contributed by atoms with Crippen LogP contribution >= 0.6 is 0 Å². The van der Waals surface area contributed by atoms with Crippen molar-refractivity contribution in [2.75, 3.05) is 13.7 Å². The van der Waals surface area contributed by atoms with Crippen molar-refractivity contribution in [1.29, 1.82) is 0 Å². The molecular weight excluding hydrogens is 450 g/mol. The van der Waals surface area contributed by atoms with Gasteiger partial charge in [0.05, 0.1) is 23.2 Å². The maximum absolute atomic E-state index is 12.9. The van der Waals surface area contributed by atoms with Crippen LogP contribution in [0.4, 0.5) is 0 Å². The Labute approximate surface area is 206 Å². The summed E-state index contributed by atoms with van der Waals surface area (Å²) >= 11 is 0. The molecule has 1 heterocycles. The van der Waals surface area contributed by atoms with Crippen LogP contribution < -0.4 is 0 Å². The second-order valence-corrected chi connectivity index (χ2v) is 13.6. The molecule has 3 aliphatic rings. The van der Waals surface area contributed by atoms with Crippen molar-refractivity contribution in [2.45, 2.75) is 95.8 Å². The molecule has 2 aliphatic carbocycles. The monoisotopic (exact) mass is 493 g/mol. The molecular formula is C27H43NO5S. The third kappa shape index (κ3) is 4.83. The van der Waals surface area contributed by atoms with E-state index in [2.05, 4.69) is 13.8 Å². The fourth-order valence-corrected chi connectivity index (χ4v) is 8.38. The molecule has 1 saturated heterocycles. The number of aliphatic hydroxyl groups excluding tert-OH is 1. The van der Waals surface area contributed by atoms with E-state index in [0.29, 0.717) is 17.8 Å². The van der Waals surface area contributed by atoms with Gasteiger partial charge in [0.15, 0.2) is 0 Å². The standard InChI is InChI=1S/C27H43NO5S/c1-18-9-11-20(12-10-18)34(30,31)32-17-23-24(28(6)33-26(23,3)4)16-19(2)21-13-14-22-25(29)8-7-15-27(21,22)5/h9-12,19,21-25,29H,7-8,13-17H2,1-6H3/t19?,21-,22-,23?,24+,25-,27+/m1/s1. The maximum atomic E-state index is 12.9. The summed E-state index contributed by atoms with van der Waals surface area (Å²) in [5.41, 5.74) is 0.671. The van der Waals surface area contributed by atoms with Gasteiger partial charge >= 0.3 is 0 Å². The fraction of sp³-hybridized carbons (Fsp3) is 0.778. The zero-order valence-electron chi connectivity index (χ0n) is 21.7. The highest BCUT2D eigenvalue weighted by molar-refractivity contribution is 7.86. The van der Waals surface area contributed by atoms with Crippen LogP contribution in [-0.2, 0) is 19.1 Å². The van der Waals surface area contributed by atoms with Crippen molar-refractivity contribution in [3.05, 3.63) is 29.8 Å². The average molecular weight is 494 g/mol. The zero-order chi connectivity index (χ0) is 24.9. The first-order valence-corrected chi connectivity index (χ1v) is 14.3. The van der Waals surface area contributed by atoms with Crippen LogP contribution in [0.3, 0.4) is 0 Å². The Bertz CT molecular complexity index is 962. The van der Waals surface area contributed by atoms with Gasteiger partial charge in [-0.3, -0.25) is 9.02 Å². The largest absolute Gasteiger partial charge is 0.393 e. The molecule has 6 nitrogen and oxygen atoms in total. The number of hydrogen-bond donors (Lipinski definition) is 1. The van der Waals surface area contributed by atoms with E-state index in [-0.39, 0.29) is 35.0 Å².